The summed E-state index contributed by atoms with van der Waals surface area (Å²) in [5.74, 6) is 1.47. The van der Waals surface area contributed by atoms with Crippen LogP contribution >= 0.6 is 0 Å². The van der Waals surface area contributed by atoms with E-state index in [9.17, 15) is 9.59 Å². The first-order chi connectivity index (χ1) is 14.6. The molecule has 3 aliphatic rings. The summed E-state index contributed by atoms with van der Waals surface area (Å²) in [4.78, 5) is 28.3. The molecule has 1 aromatic carbocycles. The number of nitrogens with zero attached hydrogens (tertiary/aromatic N) is 2. The Kier molecular flexibility index (Phi) is 5.80. The highest BCUT2D eigenvalue weighted by Crippen LogP contribution is 2.31. The normalized spacial score (nSPS) is 21.2. The number of likely N-dealkylation sites (N-methyl/N-ethyl adjacent to an activating group) is 1. The average Bonchev–Trinajstić information content (AvgIpc) is 2.78. The van der Waals surface area contributed by atoms with Gasteiger partial charge in [-0.1, -0.05) is 13.0 Å². The number of benzene rings is 1. The standard InChI is InChI=1S/C21H28N6O3.2H2/c1-3-17-21(29)23-16-12-14(4-6-18(16)30-17)13-26-8-10-27(11-9-26)19-7-5-15(24-25-19)20(28)22-2;;/h4-7,12,17,24-25H,3,8-11,13H2,1-2H3,(H,22,28)(H,23,29);2*1H. The van der Waals surface area contributed by atoms with Gasteiger partial charge in [0.1, 0.15) is 17.3 Å². The maximum absolute atomic E-state index is 12.1. The van der Waals surface area contributed by atoms with Crippen LogP contribution in [-0.4, -0.2) is 60.9 Å². The Bertz CT molecular complexity index is 900. The number of hydrogen-bond acceptors (Lipinski definition) is 7. The van der Waals surface area contributed by atoms with Crippen LogP contribution < -0.4 is 26.2 Å². The topological polar surface area (TPSA) is 98.0 Å². The molecule has 4 rings (SSSR count). The van der Waals surface area contributed by atoms with Crippen molar-refractivity contribution in [3.8, 4) is 5.75 Å². The summed E-state index contributed by atoms with van der Waals surface area (Å²) < 4.78 is 5.77. The summed E-state index contributed by atoms with van der Waals surface area (Å²) in [5.41, 5.74) is 8.43. The van der Waals surface area contributed by atoms with Gasteiger partial charge in [-0.2, -0.15) is 0 Å². The van der Waals surface area contributed by atoms with Crippen LogP contribution in [-0.2, 0) is 16.1 Å². The lowest BCUT2D eigenvalue weighted by atomic mass is 10.1. The Morgan fingerprint density at radius 1 is 1.23 bits per heavy atom. The number of piperazine rings is 1. The molecule has 1 aromatic rings. The fourth-order valence-corrected chi connectivity index (χ4v) is 3.80. The summed E-state index contributed by atoms with van der Waals surface area (Å²) in [6.07, 6.45) is 3.95. The number of nitrogens with one attached hydrogen (secondary N) is 4. The fourth-order valence-electron chi connectivity index (χ4n) is 3.80. The van der Waals surface area contributed by atoms with Crippen LogP contribution in [0.3, 0.4) is 0 Å². The average molecular weight is 417 g/mol. The van der Waals surface area contributed by atoms with Gasteiger partial charge in [-0.3, -0.25) is 25.3 Å². The Balaban J connectivity index is 0.00000181. The van der Waals surface area contributed by atoms with Crippen LogP contribution in [0.1, 0.15) is 21.8 Å². The highest BCUT2D eigenvalue weighted by atomic mass is 16.5. The SMILES string of the molecule is CCC1Oc2ccc(CN3CCN(C4=CC=C(C(=O)NC)NN4)CC3)cc2NC1=O.[HH].[HH]. The summed E-state index contributed by atoms with van der Waals surface area (Å²) in [6, 6.07) is 6.02. The molecule has 0 aromatic heterocycles. The van der Waals surface area contributed by atoms with Gasteiger partial charge in [-0.15, -0.1) is 0 Å². The molecule has 1 fully saturated rings. The Hall–Kier alpha value is -3.20. The summed E-state index contributed by atoms with van der Waals surface area (Å²) in [5, 5.41) is 5.55. The summed E-state index contributed by atoms with van der Waals surface area (Å²) in [7, 11) is 1.61. The van der Waals surface area contributed by atoms with Crippen LogP contribution in [0.15, 0.2) is 41.9 Å². The van der Waals surface area contributed by atoms with E-state index in [1.165, 1.54) is 0 Å². The maximum Gasteiger partial charge on any atom is 0.268 e. The summed E-state index contributed by atoms with van der Waals surface area (Å²) >= 11 is 0. The smallest absolute Gasteiger partial charge is 0.268 e. The van der Waals surface area contributed by atoms with E-state index in [1.807, 2.05) is 25.1 Å². The predicted molar refractivity (Wildman–Crippen MR) is 117 cm³/mol. The molecule has 1 saturated heterocycles. The zero-order valence-corrected chi connectivity index (χ0v) is 17.3. The number of anilines is 1. The molecular formula is C21H32N6O3. The maximum atomic E-state index is 12.1. The van der Waals surface area contributed by atoms with E-state index in [4.69, 9.17) is 4.74 Å². The van der Waals surface area contributed by atoms with Crippen molar-refractivity contribution in [1.29, 1.82) is 0 Å². The van der Waals surface area contributed by atoms with Gasteiger partial charge >= 0.3 is 0 Å². The predicted octanol–water partition coefficient (Wildman–Crippen LogP) is 0.985. The van der Waals surface area contributed by atoms with Gasteiger partial charge in [0.25, 0.3) is 11.8 Å². The molecule has 3 aliphatic heterocycles. The van der Waals surface area contributed by atoms with Crippen LogP contribution in [0.4, 0.5) is 5.69 Å². The molecule has 0 radical (unpaired) electrons. The van der Waals surface area contributed by atoms with Gasteiger partial charge in [0, 0.05) is 42.6 Å². The van der Waals surface area contributed by atoms with Crippen molar-refractivity contribution in [2.24, 2.45) is 0 Å². The molecular weight excluding hydrogens is 384 g/mol. The first-order valence-corrected chi connectivity index (χ1v) is 10.3. The number of carbonyl (C=O) groups excluding carboxylic acids is 2. The van der Waals surface area contributed by atoms with Crippen molar-refractivity contribution in [3.05, 3.63) is 47.4 Å². The largest absolute Gasteiger partial charge is 0.478 e. The Labute approximate surface area is 179 Å². The number of amides is 2. The lowest BCUT2D eigenvalue weighted by Gasteiger charge is -2.38. The second kappa shape index (κ2) is 8.66. The van der Waals surface area contributed by atoms with Crippen molar-refractivity contribution in [1.82, 2.24) is 26.0 Å². The molecule has 2 amide bonds. The lowest BCUT2D eigenvalue weighted by Crippen LogP contribution is -2.51. The molecule has 4 N–H and O–H groups in total. The van der Waals surface area contributed by atoms with Gasteiger partial charge < -0.3 is 20.3 Å². The number of hydrazine groups is 1. The third-order valence-corrected chi connectivity index (χ3v) is 5.56. The number of allylic oxidation sites excluding steroid dienone is 2. The number of rotatable bonds is 5. The van der Waals surface area contributed by atoms with Crippen LogP contribution in [0.25, 0.3) is 0 Å². The number of hydrogen-bond donors (Lipinski definition) is 4. The molecule has 0 saturated carbocycles. The van der Waals surface area contributed by atoms with Crippen LogP contribution in [0.2, 0.25) is 0 Å². The minimum Gasteiger partial charge on any atom is -0.478 e. The lowest BCUT2D eigenvalue weighted by molar-refractivity contribution is -0.123. The highest BCUT2D eigenvalue weighted by Gasteiger charge is 2.26. The zero-order chi connectivity index (χ0) is 21.1. The minimum atomic E-state index is -0.407. The Morgan fingerprint density at radius 2 is 2.03 bits per heavy atom. The van der Waals surface area contributed by atoms with E-state index < -0.39 is 6.10 Å². The number of ether oxygens (including phenoxy) is 1. The molecule has 30 heavy (non-hydrogen) atoms. The highest BCUT2D eigenvalue weighted by molar-refractivity contribution is 5.97. The molecule has 0 bridgehead atoms. The van der Waals surface area contributed by atoms with Crippen molar-refractivity contribution in [3.63, 3.8) is 0 Å². The zero-order valence-electron chi connectivity index (χ0n) is 17.3. The first kappa shape index (κ1) is 20.1. The fraction of sp³-hybridized carbons (Fsp3) is 0.429. The van der Waals surface area contributed by atoms with E-state index in [1.54, 1.807) is 13.1 Å². The van der Waals surface area contributed by atoms with Crippen molar-refractivity contribution in [2.75, 3.05) is 38.5 Å². The summed E-state index contributed by atoms with van der Waals surface area (Å²) in [6.45, 7) is 6.36. The van der Waals surface area contributed by atoms with Crippen LogP contribution in [0, 0.1) is 0 Å². The molecule has 1 unspecified atom stereocenters. The number of fused-ring (bicyclic) bond motifs is 1. The quantitative estimate of drug-likeness (QED) is 0.568. The minimum absolute atomic E-state index is 0. The van der Waals surface area contributed by atoms with Crippen molar-refractivity contribution >= 4 is 17.5 Å². The van der Waals surface area contributed by atoms with Gasteiger partial charge in [0.15, 0.2) is 6.10 Å². The van der Waals surface area contributed by atoms with E-state index >= 15 is 0 Å². The van der Waals surface area contributed by atoms with Crippen LogP contribution in [0.5, 0.6) is 5.75 Å². The molecule has 3 heterocycles. The van der Waals surface area contributed by atoms with Gasteiger partial charge in [-0.05, 0) is 36.3 Å². The molecule has 9 heteroatoms. The van der Waals surface area contributed by atoms with Gasteiger partial charge in [0.2, 0.25) is 0 Å². The second-order valence-corrected chi connectivity index (χ2v) is 7.56. The molecule has 1 atom stereocenters. The second-order valence-electron chi connectivity index (χ2n) is 7.56. The van der Waals surface area contributed by atoms with E-state index in [0.29, 0.717) is 12.1 Å². The molecule has 164 valence electrons. The third-order valence-electron chi connectivity index (χ3n) is 5.56. The van der Waals surface area contributed by atoms with Gasteiger partial charge in [-0.25, -0.2) is 0 Å². The first-order valence-electron chi connectivity index (χ1n) is 10.3. The molecule has 0 spiro atoms. The monoisotopic (exact) mass is 416 g/mol. The van der Waals surface area contributed by atoms with Crippen molar-refractivity contribution in [2.45, 2.75) is 26.0 Å². The molecule has 0 aliphatic carbocycles. The van der Waals surface area contributed by atoms with Crippen molar-refractivity contribution < 1.29 is 17.2 Å². The van der Waals surface area contributed by atoms with Gasteiger partial charge in [0.05, 0.1) is 5.69 Å². The third kappa shape index (κ3) is 4.20. The number of carbonyl (C=O) groups is 2. The van der Waals surface area contributed by atoms with E-state index in [0.717, 1.165) is 55.5 Å². The Morgan fingerprint density at radius 3 is 2.70 bits per heavy atom. The van der Waals surface area contributed by atoms with E-state index in [2.05, 4.69) is 37.4 Å². The molecule has 9 nitrogen and oxygen atoms in total. The van der Waals surface area contributed by atoms with E-state index in [-0.39, 0.29) is 14.7 Å².